The Bertz CT molecular complexity index is 291. The van der Waals surface area contributed by atoms with Gasteiger partial charge in [-0.25, -0.2) is 0 Å². The highest BCUT2D eigenvalue weighted by atomic mass is 16.1. The second-order valence-corrected chi connectivity index (χ2v) is 7.15. The minimum atomic E-state index is -0.138. The molecule has 0 spiro atoms. The van der Waals surface area contributed by atoms with Gasteiger partial charge in [0.05, 0.1) is 0 Å². The van der Waals surface area contributed by atoms with Crippen molar-refractivity contribution in [2.75, 3.05) is 20.1 Å². The van der Waals surface area contributed by atoms with Crippen LogP contribution in [0.5, 0.6) is 0 Å². The minimum Gasteiger partial charge on any atom is -0.305 e. The number of carbonyl (C=O) groups is 1. The summed E-state index contributed by atoms with van der Waals surface area (Å²) in [5, 5.41) is 0. The summed E-state index contributed by atoms with van der Waals surface area (Å²) in [6, 6.07) is 0. The second-order valence-electron chi connectivity index (χ2n) is 7.15. The minimum absolute atomic E-state index is 0.138. The van der Waals surface area contributed by atoms with E-state index in [2.05, 4.69) is 25.8 Å². The third-order valence-electron chi connectivity index (χ3n) is 5.17. The number of hydrogen-bond donors (Lipinski definition) is 0. The normalized spacial score (nSPS) is 33.9. The van der Waals surface area contributed by atoms with E-state index in [9.17, 15) is 4.79 Å². The molecule has 0 N–H and O–H groups in total. The molecule has 0 aliphatic heterocycles. The van der Waals surface area contributed by atoms with Crippen molar-refractivity contribution in [3.05, 3.63) is 0 Å². The third-order valence-corrected chi connectivity index (χ3v) is 5.17. The van der Waals surface area contributed by atoms with Crippen molar-refractivity contribution in [3.8, 4) is 0 Å². The van der Waals surface area contributed by atoms with Crippen LogP contribution >= 0.6 is 0 Å². The first kappa shape index (κ1) is 14.0. The van der Waals surface area contributed by atoms with Crippen molar-refractivity contribution in [2.45, 2.75) is 52.4 Å². The zero-order valence-electron chi connectivity index (χ0n) is 12.3. The van der Waals surface area contributed by atoms with Crippen LogP contribution in [0.15, 0.2) is 0 Å². The molecule has 2 heteroatoms. The molecule has 2 fully saturated rings. The predicted octanol–water partition coefficient (Wildman–Crippen LogP) is 3.36. The molecule has 104 valence electrons. The Morgan fingerprint density at radius 1 is 1.33 bits per heavy atom. The smallest absolute Gasteiger partial charge is 0.127 e. The number of hydrogen-bond acceptors (Lipinski definition) is 2. The van der Waals surface area contributed by atoms with Crippen LogP contribution in [0.4, 0.5) is 0 Å². The molecular formula is C16H29NO. The molecule has 2 saturated carbocycles. The molecule has 2 aliphatic rings. The molecule has 4 unspecified atom stereocenters. The van der Waals surface area contributed by atoms with Gasteiger partial charge in [0.15, 0.2) is 0 Å². The van der Waals surface area contributed by atoms with Gasteiger partial charge in [0, 0.05) is 18.5 Å². The zero-order chi connectivity index (χ0) is 13.2. The number of nitrogens with zero attached hydrogens (tertiary/aromatic N) is 1. The molecule has 2 nitrogen and oxygen atoms in total. The fourth-order valence-electron chi connectivity index (χ4n) is 4.43. The predicted molar refractivity (Wildman–Crippen MR) is 75.5 cm³/mol. The largest absolute Gasteiger partial charge is 0.305 e. The highest BCUT2D eigenvalue weighted by Gasteiger charge is 2.40. The first-order valence-electron chi connectivity index (χ1n) is 7.71. The van der Waals surface area contributed by atoms with Crippen molar-refractivity contribution in [1.29, 1.82) is 0 Å². The van der Waals surface area contributed by atoms with Crippen molar-refractivity contribution in [1.82, 2.24) is 4.90 Å². The Morgan fingerprint density at radius 2 is 2.11 bits per heavy atom. The maximum Gasteiger partial charge on any atom is 0.127 e. The zero-order valence-corrected chi connectivity index (χ0v) is 12.3. The van der Waals surface area contributed by atoms with E-state index in [4.69, 9.17) is 0 Å². The molecule has 2 aliphatic carbocycles. The fraction of sp³-hybridized carbons (Fsp3) is 0.938. The summed E-state index contributed by atoms with van der Waals surface area (Å²) in [5.41, 5.74) is -0.138. The quantitative estimate of drug-likeness (QED) is 0.647. The molecule has 0 aromatic carbocycles. The van der Waals surface area contributed by atoms with Crippen LogP contribution in [0.3, 0.4) is 0 Å². The SMILES string of the molecule is CCCC(C)(C=O)CN(C)CC1CC2CCC1C2. The van der Waals surface area contributed by atoms with Crippen LogP contribution in [-0.2, 0) is 4.79 Å². The lowest BCUT2D eigenvalue weighted by Crippen LogP contribution is -2.38. The van der Waals surface area contributed by atoms with E-state index in [0.29, 0.717) is 0 Å². The Hall–Kier alpha value is -0.370. The maximum atomic E-state index is 11.3. The van der Waals surface area contributed by atoms with E-state index >= 15 is 0 Å². The van der Waals surface area contributed by atoms with Gasteiger partial charge in [0.25, 0.3) is 0 Å². The molecule has 0 radical (unpaired) electrons. The summed E-state index contributed by atoms with van der Waals surface area (Å²) in [5.74, 6) is 2.93. The van der Waals surface area contributed by atoms with E-state index in [-0.39, 0.29) is 5.41 Å². The fourth-order valence-corrected chi connectivity index (χ4v) is 4.43. The average molecular weight is 251 g/mol. The standard InChI is InChI=1S/C16H29NO/c1-4-7-16(2,12-18)11-17(3)10-15-9-13-5-6-14(15)8-13/h12-15H,4-11H2,1-3H3. The van der Waals surface area contributed by atoms with Crippen LogP contribution in [0.25, 0.3) is 0 Å². The van der Waals surface area contributed by atoms with Crippen LogP contribution in [-0.4, -0.2) is 31.3 Å². The lowest BCUT2D eigenvalue weighted by molar-refractivity contribution is -0.116. The molecule has 0 heterocycles. The van der Waals surface area contributed by atoms with Gasteiger partial charge in [-0.2, -0.15) is 0 Å². The Kier molecular flexibility index (Phi) is 4.47. The van der Waals surface area contributed by atoms with E-state index < -0.39 is 0 Å². The average Bonchev–Trinajstić information content (AvgIpc) is 2.91. The van der Waals surface area contributed by atoms with Gasteiger partial charge in [0.1, 0.15) is 6.29 Å². The van der Waals surface area contributed by atoms with Gasteiger partial charge in [-0.15, -0.1) is 0 Å². The molecular weight excluding hydrogens is 222 g/mol. The lowest BCUT2D eigenvalue weighted by atomic mass is 9.85. The van der Waals surface area contributed by atoms with Gasteiger partial charge in [-0.3, -0.25) is 0 Å². The highest BCUT2D eigenvalue weighted by Crippen LogP contribution is 2.48. The summed E-state index contributed by atoms with van der Waals surface area (Å²) < 4.78 is 0. The van der Waals surface area contributed by atoms with Gasteiger partial charge < -0.3 is 9.69 Å². The van der Waals surface area contributed by atoms with Gasteiger partial charge in [-0.05, 0) is 50.5 Å². The molecule has 2 rings (SSSR count). The number of aldehydes is 1. The highest BCUT2D eigenvalue weighted by molar-refractivity contribution is 5.58. The summed E-state index contributed by atoms with van der Waals surface area (Å²) in [4.78, 5) is 13.7. The van der Waals surface area contributed by atoms with Crippen molar-refractivity contribution < 1.29 is 4.79 Å². The summed E-state index contributed by atoms with van der Waals surface area (Å²) in [7, 11) is 2.20. The van der Waals surface area contributed by atoms with E-state index in [1.807, 2.05) is 0 Å². The number of rotatable bonds is 7. The first-order chi connectivity index (χ1) is 8.56. The molecule has 0 aromatic rings. The maximum absolute atomic E-state index is 11.3. The van der Waals surface area contributed by atoms with Crippen LogP contribution in [0.2, 0.25) is 0 Å². The second kappa shape index (κ2) is 5.73. The summed E-state index contributed by atoms with van der Waals surface area (Å²) in [6.07, 6.45) is 9.15. The topological polar surface area (TPSA) is 20.3 Å². The van der Waals surface area contributed by atoms with E-state index in [1.54, 1.807) is 0 Å². The molecule has 4 atom stereocenters. The Balaban J connectivity index is 1.81. The van der Waals surface area contributed by atoms with Crippen LogP contribution in [0.1, 0.15) is 52.4 Å². The third kappa shape index (κ3) is 3.14. The van der Waals surface area contributed by atoms with Gasteiger partial charge in [0.2, 0.25) is 0 Å². The number of carbonyl (C=O) groups excluding carboxylic acids is 1. The summed E-state index contributed by atoms with van der Waals surface area (Å²) >= 11 is 0. The van der Waals surface area contributed by atoms with Crippen LogP contribution in [0, 0.1) is 23.2 Å². The van der Waals surface area contributed by atoms with Crippen molar-refractivity contribution in [3.63, 3.8) is 0 Å². The lowest BCUT2D eigenvalue weighted by Gasteiger charge is -2.32. The van der Waals surface area contributed by atoms with Crippen LogP contribution < -0.4 is 0 Å². The molecule has 18 heavy (non-hydrogen) atoms. The number of fused-ring (bicyclic) bond motifs is 2. The molecule has 0 aromatic heterocycles. The summed E-state index contributed by atoms with van der Waals surface area (Å²) in [6.45, 7) is 6.41. The molecule has 0 saturated heterocycles. The Labute approximate surface area is 112 Å². The van der Waals surface area contributed by atoms with Gasteiger partial charge in [-0.1, -0.05) is 26.7 Å². The first-order valence-corrected chi connectivity index (χ1v) is 7.71. The van der Waals surface area contributed by atoms with E-state index in [1.165, 1.54) is 38.5 Å². The van der Waals surface area contributed by atoms with E-state index in [0.717, 1.165) is 37.1 Å². The Morgan fingerprint density at radius 3 is 2.61 bits per heavy atom. The molecule has 2 bridgehead atoms. The molecule has 0 amide bonds. The van der Waals surface area contributed by atoms with Crippen molar-refractivity contribution >= 4 is 6.29 Å². The van der Waals surface area contributed by atoms with Crippen molar-refractivity contribution in [2.24, 2.45) is 23.2 Å². The van der Waals surface area contributed by atoms with Gasteiger partial charge >= 0.3 is 0 Å². The monoisotopic (exact) mass is 251 g/mol.